The van der Waals surface area contributed by atoms with Gasteiger partial charge in [0.2, 0.25) is 5.91 Å². The SMILES string of the molecule is CC/C=C\C/C=C\C/C=C\C/C=C\C/C=C\C/C=C\CCC(=O)NCCOP(=O)(O)OCC(O)COC(=O)CCCCCCC/C=C\CCCCCC. The Hall–Kier alpha value is -2.81. The Morgan fingerprint density at radius 1 is 0.604 bits per heavy atom. The standard InChI is InChI=1S/C43H72NO8P/c1-3-5-7-9-11-13-15-17-18-19-20-21-22-24-25-27-29-31-33-35-42(46)44-37-38-51-53(48,49)52-40-41(45)39-50-43(47)36-34-32-30-28-26-23-16-14-12-10-8-6-4-2/h5,7,11,13-14,16-18,20-21,24-25,29,31,41,45H,3-4,6,8-10,12,15,19,22-23,26-28,30,32-40H2,1-2H3,(H,44,46)(H,48,49)/b7-5-,13-11-,16-14-,18-17-,21-20-,25-24-,31-29-. The maximum Gasteiger partial charge on any atom is 0.472 e. The molecule has 53 heavy (non-hydrogen) atoms. The highest BCUT2D eigenvalue weighted by Crippen LogP contribution is 2.42. The third-order valence-electron chi connectivity index (χ3n) is 7.82. The molecule has 9 nitrogen and oxygen atoms in total. The van der Waals surface area contributed by atoms with Crippen molar-refractivity contribution in [1.82, 2.24) is 5.32 Å². The summed E-state index contributed by atoms with van der Waals surface area (Å²) in [5, 5.41) is 12.6. The van der Waals surface area contributed by atoms with Crippen LogP contribution < -0.4 is 5.32 Å². The number of carbonyl (C=O) groups is 2. The summed E-state index contributed by atoms with van der Waals surface area (Å²) >= 11 is 0. The quantitative estimate of drug-likeness (QED) is 0.0249. The minimum absolute atomic E-state index is 0.0346. The van der Waals surface area contributed by atoms with E-state index in [1.807, 2.05) is 12.2 Å². The number of aliphatic hydroxyl groups excluding tert-OH is 1. The van der Waals surface area contributed by atoms with Crippen molar-refractivity contribution in [2.75, 3.05) is 26.4 Å². The number of ether oxygens (including phenoxy) is 1. The molecule has 0 aliphatic carbocycles. The summed E-state index contributed by atoms with van der Waals surface area (Å²) in [6, 6.07) is 0. The second-order valence-electron chi connectivity index (χ2n) is 12.9. The number of aliphatic hydroxyl groups is 1. The molecule has 0 aromatic carbocycles. The van der Waals surface area contributed by atoms with Gasteiger partial charge in [0.1, 0.15) is 12.7 Å². The minimum Gasteiger partial charge on any atom is -0.463 e. The molecular weight excluding hydrogens is 689 g/mol. The molecule has 2 unspecified atom stereocenters. The number of esters is 1. The van der Waals surface area contributed by atoms with E-state index >= 15 is 0 Å². The van der Waals surface area contributed by atoms with Crippen molar-refractivity contribution < 1.29 is 37.9 Å². The van der Waals surface area contributed by atoms with Gasteiger partial charge in [0.15, 0.2) is 0 Å². The summed E-state index contributed by atoms with van der Waals surface area (Å²) in [7, 11) is -4.44. The summed E-state index contributed by atoms with van der Waals surface area (Å²) < 4.78 is 26.8. The predicted octanol–water partition coefficient (Wildman–Crippen LogP) is 10.9. The van der Waals surface area contributed by atoms with Crippen molar-refractivity contribution >= 4 is 19.7 Å². The molecule has 0 aliphatic heterocycles. The molecule has 0 spiro atoms. The number of phosphoric acid groups is 1. The normalized spacial score (nSPS) is 14.3. The highest BCUT2D eigenvalue weighted by molar-refractivity contribution is 7.47. The summed E-state index contributed by atoms with van der Waals surface area (Å²) in [6.45, 7) is 3.29. The smallest absolute Gasteiger partial charge is 0.463 e. The van der Waals surface area contributed by atoms with Gasteiger partial charge in [-0.3, -0.25) is 18.6 Å². The van der Waals surface area contributed by atoms with Crippen molar-refractivity contribution in [3.63, 3.8) is 0 Å². The lowest BCUT2D eigenvalue weighted by atomic mass is 10.1. The molecule has 0 heterocycles. The van der Waals surface area contributed by atoms with Gasteiger partial charge in [-0.15, -0.1) is 0 Å². The molecule has 0 fully saturated rings. The van der Waals surface area contributed by atoms with Crippen molar-refractivity contribution in [2.24, 2.45) is 0 Å². The van der Waals surface area contributed by atoms with E-state index in [9.17, 15) is 24.2 Å². The Kier molecular flexibility index (Phi) is 36.8. The lowest BCUT2D eigenvalue weighted by Crippen LogP contribution is -2.27. The molecule has 0 aromatic rings. The van der Waals surface area contributed by atoms with Gasteiger partial charge in [-0.2, -0.15) is 0 Å². The Morgan fingerprint density at radius 2 is 1.09 bits per heavy atom. The fraction of sp³-hybridized carbons (Fsp3) is 0.628. The van der Waals surface area contributed by atoms with Gasteiger partial charge in [0, 0.05) is 19.4 Å². The van der Waals surface area contributed by atoms with Crippen LogP contribution in [0.25, 0.3) is 0 Å². The van der Waals surface area contributed by atoms with Crippen LogP contribution in [-0.4, -0.2) is 54.3 Å². The van der Waals surface area contributed by atoms with Gasteiger partial charge < -0.3 is 20.1 Å². The molecule has 302 valence electrons. The number of rotatable bonds is 36. The first-order valence-electron chi connectivity index (χ1n) is 20.1. The molecule has 3 N–H and O–H groups in total. The minimum atomic E-state index is -4.44. The van der Waals surface area contributed by atoms with E-state index in [-0.39, 0.29) is 38.5 Å². The number of amides is 1. The van der Waals surface area contributed by atoms with Crippen LogP contribution in [0.1, 0.15) is 142 Å². The highest BCUT2D eigenvalue weighted by Gasteiger charge is 2.23. The van der Waals surface area contributed by atoms with Crippen molar-refractivity contribution in [3.05, 3.63) is 85.1 Å². The first-order valence-corrected chi connectivity index (χ1v) is 21.6. The number of nitrogens with one attached hydrogen (secondary N) is 1. The molecule has 0 rings (SSSR count). The first kappa shape index (κ1) is 50.2. The molecular formula is C43H72NO8P. The number of allylic oxidation sites excluding steroid dienone is 14. The number of carbonyl (C=O) groups excluding carboxylic acids is 2. The topological polar surface area (TPSA) is 131 Å². The number of phosphoric ester groups is 1. The van der Waals surface area contributed by atoms with Crippen LogP contribution in [0.4, 0.5) is 0 Å². The molecule has 0 bridgehead atoms. The van der Waals surface area contributed by atoms with Gasteiger partial charge in [0.05, 0.1) is 13.2 Å². The van der Waals surface area contributed by atoms with Crippen LogP contribution in [0.5, 0.6) is 0 Å². The average Bonchev–Trinajstić information content (AvgIpc) is 3.14. The van der Waals surface area contributed by atoms with E-state index in [1.54, 1.807) is 0 Å². The van der Waals surface area contributed by atoms with Crippen molar-refractivity contribution in [2.45, 2.75) is 148 Å². The number of unbranched alkanes of at least 4 members (excludes halogenated alkanes) is 9. The average molecular weight is 762 g/mol. The second kappa shape index (κ2) is 38.9. The maximum atomic E-state index is 12.1. The molecule has 0 radical (unpaired) electrons. The molecule has 0 saturated heterocycles. The molecule has 0 saturated carbocycles. The van der Waals surface area contributed by atoms with Crippen LogP contribution in [0.3, 0.4) is 0 Å². The molecule has 2 atom stereocenters. The summed E-state index contributed by atoms with van der Waals surface area (Å²) in [5.74, 6) is -0.620. The van der Waals surface area contributed by atoms with Gasteiger partial charge in [-0.05, 0) is 77.0 Å². The van der Waals surface area contributed by atoms with Crippen LogP contribution in [0.15, 0.2) is 85.1 Å². The monoisotopic (exact) mass is 761 g/mol. The van der Waals surface area contributed by atoms with Crippen LogP contribution in [0, 0.1) is 0 Å². The van der Waals surface area contributed by atoms with Crippen LogP contribution in [-0.2, 0) is 27.9 Å². The van der Waals surface area contributed by atoms with Gasteiger partial charge in [-0.1, -0.05) is 137 Å². The van der Waals surface area contributed by atoms with Crippen molar-refractivity contribution in [3.8, 4) is 0 Å². The molecule has 0 aliphatic rings. The zero-order chi connectivity index (χ0) is 38.9. The third kappa shape index (κ3) is 40.2. The molecule has 10 heteroatoms. The van der Waals surface area contributed by atoms with Gasteiger partial charge in [0.25, 0.3) is 0 Å². The van der Waals surface area contributed by atoms with Crippen molar-refractivity contribution in [1.29, 1.82) is 0 Å². The van der Waals surface area contributed by atoms with Gasteiger partial charge in [-0.25, -0.2) is 4.57 Å². The van der Waals surface area contributed by atoms with E-state index < -0.39 is 26.5 Å². The van der Waals surface area contributed by atoms with Crippen LogP contribution in [0.2, 0.25) is 0 Å². The summed E-state index contributed by atoms with van der Waals surface area (Å²) in [6.07, 6.45) is 48.1. The lowest BCUT2D eigenvalue weighted by Gasteiger charge is -2.15. The molecule has 0 aromatic heterocycles. The Bertz CT molecular complexity index is 1140. The predicted molar refractivity (Wildman–Crippen MR) is 219 cm³/mol. The summed E-state index contributed by atoms with van der Waals surface area (Å²) in [4.78, 5) is 33.8. The Labute approximate surface area is 322 Å². The molecule has 1 amide bonds. The largest absolute Gasteiger partial charge is 0.472 e. The third-order valence-corrected chi connectivity index (χ3v) is 8.81. The van der Waals surface area contributed by atoms with E-state index in [1.165, 1.54) is 32.1 Å². The lowest BCUT2D eigenvalue weighted by molar-refractivity contribution is -0.147. The second-order valence-corrected chi connectivity index (χ2v) is 14.3. The first-order chi connectivity index (χ1) is 25.8. The van der Waals surface area contributed by atoms with E-state index in [4.69, 9.17) is 13.8 Å². The number of hydrogen-bond donors (Lipinski definition) is 3. The number of hydrogen-bond acceptors (Lipinski definition) is 7. The Balaban J connectivity index is 3.76. The fourth-order valence-electron chi connectivity index (χ4n) is 4.81. The Morgan fingerprint density at radius 3 is 1.66 bits per heavy atom. The summed E-state index contributed by atoms with van der Waals surface area (Å²) in [5.41, 5.74) is 0. The fourth-order valence-corrected chi connectivity index (χ4v) is 5.56. The van der Waals surface area contributed by atoms with E-state index in [2.05, 4.69) is 92.1 Å². The van der Waals surface area contributed by atoms with E-state index in [0.717, 1.165) is 77.0 Å². The maximum absolute atomic E-state index is 12.1. The zero-order valence-corrected chi connectivity index (χ0v) is 33.8. The van der Waals surface area contributed by atoms with Crippen LogP contribution >= 0.6 is 7.82 Å². The van der Waals surface area contributed by atoms with Gasteiger partial charge >= 0.3 is 13.8 Å². The highest BCUT2D eigenvalue weighted by atomic mass is 31.2. The zero-order valence-electron chi connectivity index (χ0n) is 32.9. The van der Waals surface area contributed by atoms with E-state index in [0.29, 0.717) is 6.42 Å².